The number of carbonyl (C=O) groups is 2. The van der Waals surface area contributed by atoms with Crippen LogP contribution in [0.2, 0.25) is 0 Å². The van der Waals surface area contributed by atoms with E-state index in [0.717, 1.165) is 31.5 Å². The molecule has 5 heteroatoms. The number of carbonyl (C=O) groups excluding carboxylic acids is 2. The summed E-state index contributed by atoms with van der Waals surface area (Å²) in [4.78, 5) is 30.6. The largest absolute Gasteiger partial charge is 0.348 e. The van der Waals surface area contributed by atoms with Gasteiger partial charge in [-0.3, -0.25) is 14.6 Å². The Hall–Kier alpha value is -2.69. The minimum absolute atomic E-state index is 0.0195. The molecule has 0 bridgehead atoms. The number of aromatic nitrogens is 1. The Bertz CT molecular complexity index is 678. The normalized spacial score (nSPS) is 10.3. The van der Waals surface area contributed by atoms with Crippen molar-refractivity contribution in [1.82, 2.24) is 15.2 Å². The topological polar surface area (TPSA) is 62.3 Å². The maximum absolute atomic E-state index is 12.5. The van der Waals surface area contributed by atoms with Gasteiger partial charge in [0.05, 0.1) is 0 Å². The van der Waals surface area contributed by atoms with Crippen molar-refractivity contribution < 1.29 is 9.59 Å². The number of hydrogen-bond acceptors (Lipinski definition) is 3. The van der Waals surface area contributed by atoms with Gasteiger partial charge in [0.25, 0.3) is 11.8 Å². The van der Waals surface area contributed by atoms with E-state index in [9.17, 15) is 9.59 Å². The van der Waals surface area contributed by atoms with Gasteiger partial charge in [0.15, 0.2) is 0 Å². The highest BCUT2D eigenvalue weighted by Gasteiger charge is 2.15. The van der Waals surface area contributed by atoms with E-state index in [-0.39, 0.29) is 11.8 Å². The van der Waals surface area contributed by atoms with Crippen LogP contribution in [0.15, 0.2) is 48.8 Å². The lowest BCUT2D eigenvalue weighted by molar-refractivity contribution is 0.0755. The summed E-state index contributed by atoms with van der Waals surface area (Å²) in [6.45, 7) is 6.05. The molecule has 1 N–H and O–H groups in total. The SMILES string of the molecule is CCCN(CCC)C(=O)c1ccc(C(=O)NCc2cccnc2)cc1. The van der Waals surface area contributed by atoms with Crippen molar-refractivity contribution in [2.75, 3.05) is 13.1 Å². The molecule has 0 fully saturated rings. The summed E-state index contributed by atoms with van der Waals surface area (Å²) in [7, 11) is 0. The Morgan fingerprint density at radius 3 is 2.20 bits per heavy atom. The molecule has 132 valence electrons. The third-order valence-electron chi connectivity index (χ3n) is 3.84. The fourth-order valence-electron chi connectivity index (χ4n) is 2.59. The molecular formula is C20H25N3O2. The first-order valence-electron chi connectivity index (χ1n) is 8.72. The molecule has 1 aromatic heterocycles. The smallest absolute Gasteiger partial charge is 0.253 e. The van der Waals surface area contributed by atoms with Crippen LogP contribution in [0.25, 0.3) is 0 Å². The second kappa shape index (κ2) is 9.57. The highest BCUT2D eigenvalue weighted by molar-refractivity contribution is 5.97. The maximum atomic E-state index is 12.5. The summed E-state index contributed by atoms with van der Waals surface area (Å²) < 4.78 is 0. The van der Waals surface area contributed by atoms with Crippen molar-refractivity contribution in [2.24, 2.45) is 0 Å². The molecule has 2 rings (SSSR count). The molecule has 0 aliphatic heterocycles. The minimum atomic E-state index is -0.165. The summed E-state index contributed by atoms with van der Waals surface area (Å²) in [6.07, 6.45) is 5.28. The molecule has 0 saturated carbocycles. The van der Waals surface area contributed by atoms with E-state index < -0.39 is 0 Å². The summed E-state index contributed by atoms with van der Waals surface area (Å²) in [5.41, 5.74) is 2.10. The third kappa shape index (κ3) is 5.41. The Kier molecular flexibility index (Phi) is 7.14. The standard InChI is InChI=1S/C20H25N3O2/c1-3-12-23(13-4-2)20(25)18-9-7-17(8-10-18)19(24)22-15-16-6-5-11-21-14-16/h5-11,14H,3-4,12-13,15H2,1-2H3,(H,22,24). The van der Waals surface area contributed by atoms with Crippen LogP contribution in [0.1, 0.15) is 53.0 Å². The van der Waals surface area contributed by atoms with Gasteiger partial charge in [-0.2, -0.15) is 0 Å². The van der Waals surface area contributed by atoms with E-state index in [2.05, 4.69) is 24.1 Å². The van der Waals surface area contributed by atoms with Gasteiger partial charge in [0.2, 0.25) is 0 Å². The maximum Gasteiger partial charge on any atom is 0.253 e. The Balaban J connectivity index is 1.98. The Morgan fingerprint density at radius 1 is 1.00 bits per heavy atom. The van der Waals surface area contributed by atoms with Gasteiger partial charge in [0.1, 0.15) is 0 Å². The van der Waals surface area contributed by atoms with Crippen LogP contribution in [0.3, 0.4) is 0 Å². The summed E-state index contributed by atoms with van der Waals surface area (Å²) in [6, 6.07) is 10.6. The van der Waals surface area contributed by atoms with Crippen LogP contribution in [0.4, 0.5) is 0 Å². The third-order valence-corrected chi connectivity index (χ3v) is 3.84. The molecule has 0 atom stereocenters. The van der Waals surface area contributed by atoms with Crippen LogP contribution in [0.5, 0.6) is 0 Å². The lowest BCUT2D eigenvalue weighted by atomic mass is 10.1. The zero-order chi connectivity index (χ0) is 18.1. The van der Waals surface area contributed by atoms with Gasteiger partial charge in [-0.05, 0) is 48.7 Å². The van der Waals surface area contributed by atoms with Crippen LogP contribution in [0, 0.1) is 0 Å². The van der Waals surface area contributed by atoms with Crippen LogP contribution in [-0.2, 0) is 6.54 Å². The first kappa shape index (κ1) is 18.6. The van der Waals surface area contributed by atoms with Crippen molar-refractivity contribution in [3.63, 3.8) is 0 Å². The average molecular weight is 339 g/mol. The Labute approximate surface area is 149 Å². The zero-order valence-electron chi connectivity index (χ0n) is 14.9. The highest BCUT2D eigenvalue weighted by Crippen LogP contribution is 2.09. The highest BCUT2D eigenvalue weighted by atomic mass is 16.2. The number of rotatable bonds is 8. The van der Waals surface area contributed by atoms with E-state index in [1.165, 1.54) is 0 Å². The molecule has 2 aromatic rings. The molecule has 0 saturated heterocycles. The molecule has 0 unspecified atom stereocenters. The van der Waals surface area contributed by atoms with Crippen LogP contribution < -0.4 is 5.32 Å². The molecule has 5 nitrogen and oxygen atoms in total. The molecule has 1 heterocycles. The van der Waals surface area contributed by atoms with Crippen molar-refractivity contribution in [3.05, 3.63) is 65.5 Å². The zero-order valence-corrected chi connectivity index (χ0v) is 14.9. The first-order chi connectivity index (χ1) is 12.2. The van der Waals surface area contributed by atoms with Gasteiger partial charge >= 0.3 is 0 Å². The second-order valence-electron chi connectivity index (χ2n) is 5.91. The molecule has 1 aromatic carbocycles. The summed E-state index contributed by atoms with van der Waals surface area (Å²) in [5.74, 6) is -0.146. The Morgan fingerprint density at radius 2 is 1.64 bits per heavy atom. The summed E-state index contributed by atoms with van der Waals surface area (Å²) >= 11 is 0. The van der Waals surface area contributed by atoms with E-state index in [4.69, 9.17) is 0 Å². The van der Waals surface area contributed by atoms with Crippen molar-refractivity contribution >= 4 is 11.8 Å². The monoisotopic (exact) mass is 339 g/mol. The number of pyridine rings is 1. The predicted molar refractivity (Wildman–Crippen MR) is 98.3 cm³/mol. The predicted octanol–water partition coefficient (Wildman–Crippen LogP) is 3.27. The van der Waals surface area contributed by atoms with E-state index >= 15 is 0 Å². The van der Waals surface area contributed by atoms with Gasteiger partial charge in [-0.15, -0.1) is 0 Å². The first-order valence-corrected chi connectivity index (χ1v) is 8.72. The average Bonchev–Trinajstić information content (AvgIpc) is 2.66. The lowest BCUT2D eigenvalue weighted by Crippen LogP contribution is -2.32. The number of nitrogens with zero attached hydrogens (tertiary/aromatic N) is 2. The van der Waals surface area contributed by atoms with Gasteiger partial charge in [-0.1, -0.05) is 19.9 Å². The van der Waals surface area contributed by atoms with Crippen molar-refractivity contribution in [1.29, 1.82) is 0 Å². The van der Waals surface area contributed by atoms with Crippen LogP contribution >= 0.6 is 0 Å². The van der Waals surface area contributed by atoms with Crippen LogP contribution in [-0.4, -0.2) is 34.8 Å². The molecular weight excluding hydrogens is 314 g/mol. The molecule has 0 aliphatic carbocycles. The number of benzene rings is 1. The minimum Gasteiger partial charge on any atom is -0.348 e. The van der Waals surface area contributed by atoms with Crippen molar-refractivity contribution in [3.8, 4) is 0 Å². The fourth-order valence-corrected chi connectivity index (χ4v) is 2.59. The molecule has 0 spiro atoms. The molecule has 0 aliphatic rings. The van der Waals surface area contributed by atoms with E-state index in [1.807, 2.05) is 17.0 Å². The van der Waals surface area contributed by atoms with Gasteiger partial charge in [-0.25, -0.2) is 0 Å². The number of amides is 2. The van der Waals surface area contributed by atoms with Crippen molar-refractivity contribution in [2.45, 2.75) is 33.2 Å². The lowest BCUT2D eigenvalue weighted by Gasteiger charge is -2.21. The quantitative estimate of drug-likeness (QED) is 0.803. The van der Waals surface area contributed by atoms with E-state index in [1.54, 1.807) is 36.7 Å². The summed E-state index contributed by atoms with van der Waals surface area (Å²) in [5, 5.41) is 2.85. The number of hydrogen-bond donors (Lipinski definition) is 1. The molecule has 25 heavy (non-hydrogen) atoms. The molecule has 2 amide bonds. The number of nitrogens with one attached hydrogen (secondary N) is 1. The van der Waals surface area contributed by atoms with Gasteiger partial charge in [0, 0.05) is 43.2 Å². The molecule has 0 radical (unpaired) electrons. The van der Waals surface area contributed by atoms with Gasteiger partial charge < -0.3 is 10.2 Å². The van der Waals surface area contributed by atoms with E-state index in [0.29, 0.717) is 17.7 Å². The second-order valence-corrected chi connectivity index (χ2v) is 5.91. The fraction of sp³-hybridized carbons (Fsp3) is 0.350.